The molecule has 0 bridgehead atoms. The van der Waals surface area contributed by atoms with Gasteiger partial charge in [-0.1, -0.05) is 0 Å². The lowest BCUT2D eigenvalue weighted by atomic mass is 9.68. The van der Waals surface area contributed by atoms with Crippen LogP contribution in [0.3, 0.4) is 0 Å². The van der Waals surface area contributed by atoms with Crippen molar-refractivity contribution in [2.24, 2.45) is 23.7 Å². The fourth-order valence-electron chi connectivity index (χ4n) is 6.91. The third kappa shape index (κ3) is 4.13. The van der Waals surface area contributed by atoms with E-state index in [1.54, 1.807) is 4.90 Å². The van der Waals surface area contributed by atoms with Crippen molar-refractivity contribution in [3.05, 3.63) is 0 Å². The highest BCUT2D eigenvalue weighted by Gasteiger charge is 2.51. The highest BCUT2D eigenvalue weighted by Crippen LogP contribution is 2.44. The van der Waals surface area contributed by atoms with E-state index >= 15 is 0 Å². The Bertz CT molecular complexity index is 703. The molecule has 5 fully saturated rings. The van der Waals surface area contributed by atoms with Crippen molar-refractivity contribution in [2.45, 2.75) is 82.4 Å². The molecule has 174 valence electrons. The summed E-state index contributed by atoms with van der Waals surface area (Å²) in [5.41, 5.74) is 2.40. The number of hydrazine groups is 1. The fraction of sp³-hybridized carbons (Fsp3) is 0.917. The molecule has 0 radical (unpaired) electrons. The zero-order valence-corrected chi connectivity index (χ0v) is 19.3. The molecule has 5 aliphatic rings. The Morgan fingerprint density at radius 2 is 1.65 bits per heavy atom. The maximum absolute atomic E-state index is 13.2. The number of piperazine rings is 1. The van der Waals surface area contributed by atoms with E-state index in [0.29, 0.717) is 44.4 Å². The number of fused-ring (bicyclic) bond motifs is 1. The van der Waals surface area contributed by atoms with Gasteiger partial charge in [0.2, 0.25) is 5.91 Å². The molecule has 0 aromatic rings. The first kappa shape index (κ1) is 21.7. The number of carbonyl (C=O) groups is 2. The smallest absolute Gasteiger partial charge is 0.254 e. The standard InChI is InChI=1S/C24H40N4O3/c1-16-15-27(11-12-28(16)23(30)24(31)9-10-24)22(29)18-5-3-17(4-6-18)19-7-8-20-14-25-26(2)21(20)13-19/h16-21,25,31H,3-15H2,1-2H3/t16-,17?,18?,19?,20?,21?/m0/s1. The number of amides is 2. The van der Waals surface area contributed by atoms with Gasteiger partial charge in [0.15, 0.2) is 0 Å². The lowest BCUT2D eigenvalue weighted by Gasteiger charge is -2.43. The van der Waals surface area contributed by atoms with Gasteiger partial charge in [-0.05, 0) is 82.5 Å². The minimum absolute atomic E-state index is 0.0154. The van der Waals surface area contributed by atoms with Crippen LogP contribution in [0, 0.1) is 23.7 Å². The molecule has 31 heavy (non-hydrogen) atoms. The van der Waals surface area contributed by atoms with Gasteiger partial charge in [0.25, 0.3) is 5.91 Å². The van der Waals surface area contributed by atoms with E-state index in [0.717, 1.165) is 37.1 Å². The van der Waals surface area contributed by atoms with Crippen LogP contribution in [0.4, 0.5) is 0 Å². The van der Waals surface area contributed by atoms with Crippen molar-refractivity contribution in [1.82, 2.24) is 20.2 Å². The van der Waals surface area contributed by atoms with Crippen LogP contribution in [0.5, 0.6) is 0 Å². The Morgan fingerprint density at radius 1 is 0.968 bits per heavy atom. The molecule has 7 nitrogen and oxygen atoms in total. The lowest BCUT2D eigenvalue weighted by molar-refractivity contribution is -0.152. The minimum atomic E-state index is -1.11. The molecule has 2 heterocycles. The molecule has 3 aliphatic carbocycles. The molecule has 5 rings (SSSR count). The molecule has 2 saturated heterocycles. The first-order valence-electron chi connectivity index (χ1n) is 12.6. The van der Waals surface area contributed by atoms with Crippen LogP contribution in [0.25, 0.3) is 0 Å². The molecule has 0 aromatic carbocycles. The average Bonchev–Trinajstić information content (AvgIpc) is 3.44. The van der Waals surface area contributed by atoms with Crippen LogP contribution < -0.4 is 5.43 Å². The van der Waals surface area contributed by atoms with Gasteiger partial charge in [-0.3, -0.25) is 15.0 Å². The molecular weight excluding hydrogens is 392 g/mol. The molecular formula is C24H40N4O3. The van der Waals surface area contributed by atoms with E-state index in [1.807, 2.05) is 11.8 Å². The Kier molecular flexibility index (Phi) is 5.80. The van der Waals surface area contributed by atoms with Gasteiger partial charge in [0, 0.05) is 51.2 Å². The molecule has 2 aliphatic heterocycles. The Labute approximate surface area is 186 Å². The van der Waals surface area contributed by atoms with Gasteiger partial charge in [-0.2, -0.15) is 0 Å². The SMILES string of the molecule is C[C@H]1CN(C(=O)C2CCC(C3CCC4CNN(C)C4C3)CC2)CCN1C(=O)C1(O)CC1. The van der Waals surface area contributed by atoms with E-state index < -0.39 is 5.60 Å². The summed E-state index contributed by atoms with van der Waals surface area (Å²) in [4.78, 5) is 29.5. The van der Waals surface area contributed by atoms with Gasteiger partial charge in [-0.15, -0.1) is 0 Å². The van der Waals surface area contributed by atoms with E-state index in [9.17, 15) is 14.7 Å². The van der Waals surface area contributed by atoms with Gasteiger partial charge in [0.1, 0.15) is 5.60 Å². The predicted octanol–water partition coefficient (Wildman–Crippen LogP) is 1.61. The quantitative estimate of drug-likeness (QED) is 0.709. The largest absolute Gasteiger partial charge is 0.380 e. The Balaban J connectivity index is 1.10. The van der Waals surface area contributed by atoms with Crippen molar-refractivity contribution in [2.75, 3.05) is 33.2 Å². The number of rotatable bonds is 3. The van der Waals surface area contributed by atoms with Crippen LogP contribution in [-0.2, 0) is 9.59 Å². The summed E-state index contributed by atoms with van der Waals surface area (Å²) < 4.78 is 0. The molecule has 7 heteroatoms. The van der Waals surface area contributed by atoms with E-state index in [1.165, 1.54) is 32.1 Å². The molecule has 3 saturated carbocycles. The highest BCUT2D eigenvalue weighted by molar-refractivity contribution is 5.88. The van der Waals surface area contributed by atoms with Crippen molar-refractivity contribution in [3.8, 4) is 0 Å². The van der Waals surface area contributed by atoms with Gasteiger partial charge in [0.05, 0.1) is 0 Å². The van der Waals surface area contributed by atoms with Gasteiger partial charge in [-0.25, -0.2) is 5.01 Å². The minimum Gasteiger partial charge on any atom is -0.380 e. The number of nitrogens with one attached hydrogen (secondary N) is 1. The van der Waals surface area contributed by atoms with Crippen LogP contribution >= 0.6 is 0 Å². The summed E-state index contributed by atoms with van der Waals surface area (Å²) in [6.45, 7) is 4.91. The number of aliphatic hydroxyl groups is 1. The topological polar surface area (TPSA) is 76.1 Å². The third-order valence-electron chi connectivity index (χ3n) is 9.21. The Morgan fingerprint density at radius 3 is 2.32 bits per heavy atom. The molecule has 3 unspecified atom stereocenters. The molecule has 4 atom stereocenters. The second-order valence-corrected chi connectivity index (χ2v) is 11.1. The maximum atomic E-state index is 13.2. The number of carbonyl (C=O) groups excluding carboxylic acids is 2. The zero-order valence-electron chi connectivity index (χ0n) is 19.3. The first-order chi connectivity index (χ1) is 14.9. The van der Waals surface area contributed by atoms with E-state index in [2.05, 4.69) is 17.5 Å². The number of hydrogen-bond acceptors (Lipinski definition) is 5. The summed E-state index contributed by atoms with van der Waals surface area (Å²) in [6.07, 6.45) is 9.61. The van der Waals surface area contributed by atoms with E-state index in [4.69, 9.17) is 0 Å². The average molecular weight is 433 g/mol. The van der Waals surface area contributed by atoms with Crippen molar-refractivity contribution >= 4 is 11.8 Å². The summed E-state index contributed by atoms with van der Waals surface area (Å²) >= 11 is 0. The van der Waals surface area contributed by atoms with Crippen molar-refractivity contribution in [3.63, 3.8) is 0 Å². The fourth-order valence-corrected chi connectivity index (χ4v) is 6.91. The van der Waals surface area contributed by atoms with Crippen LogP contribution in [0.2, 0.25) is 0 Å². The summed E-state index contributed by atoms with van der Waals surface area (Å²) in [6, 6.07) is 0.686. The zero-order chi connectivity index (χ0) is 21.8. The lowest BCUT2D eigenvalue weighted by Crippen LogP contribution is -2.58. The number of hydrogen-bond donors (Lipinski definition) is 2. The molecule has 0 aromatic heterocycles. The third-order valence-corrected chi connectivity index (χ3v) is 9.21. The second-order valence-electron chi connectivity index (χ2n) is 11.1. The molecule has 2 N–H and O–H groups in total. The summed E-state index contributed by atoms with van der Waals surface area (Å²) in [5, 5.41) is 12.5. The highest BCUT2D eigenvalue weighted by atomic mass is 16.3. The van der Waals surface area contributed by atoms with Crippen LogP contribution in [0.1, 0.15) is 64.7 Å². The summed E-state index contributed by atoms with van der Waals surface area (Å²) in [7, 11) is 2.20. The van der Waals surface area contributed by atoms with Gasteiger partial charge >= 0.3 is 0 Å². The summed E-state index contributed by atoms with van der Waals surface area (Å²) in [5.74, 6) is 2.75. The second kappa shape index (κ2) is 8.31. The monoisotopic (exact) mass is 432 g/mol. The maximum Gasteiger partial charge on any atom is 0.254 e. The Hall–Kier alpha value is -1.18. The predicted molar refractivity (Wildman–Crippen MR) is 118 cm³/mol. The van der Waals surface area contributed by atoms with Crippen LogP contribution in [0.15, 0.2) is 0 Å². The van der Waals surface area contributed by atoms with Crippen LogP contribution in [-0.4, -0.2) is 82.6 Å². The normalized spacial score (nSPS) is 40.5. The van der Waals surface area contributed by atoms with E-state index in [-0.39, 0.29) is 17.9 Å². The van der Waals surface area contributed by atoms with Crippen molar-refractivity contribution in [1.29, 1.82) is 0 Å². The van der Waals surface area contributed by atoms with Crippen molar-refractivity contribution < 1.29 is 14.7 Å². The van der Waals surface area contributed by atoms with Gasteiger partial charge < -0.3 is 14.9 Å². The molecule has 0 spiro atoms. The molecule has 2 amide bonds. The number of nitrogens with zero attached hydrogens (tertiary/aromatic N) is 3. The first-order valence-corrected chi connectivity index (χ1v) is 12.6.